The van der Waals surface area contributed by atoms with Crippen LogP contribution >= 0.6 is 0 Å². The molecule has 0 fully saturated rings. The summed E-state index contributed by atoms with van der Waals surface area (Å²) in [6.07, 6.45) is -4.43. The molecule has 0 aliphatic heterocycles. The SMILES string of the molecule is COCCn1nc(C)c(NC(=O)c2ccc(C(F)(F)F)cc2)c1C. The zero-order chi connectivity index (χ0) is 17.9. The minimum atomic E-state index is -4.43. The van der Waals surface area contributed by atoms with E-state index in [-0.39, 0.29) is 5.56 Å². The lowest BCUT2D eigenvalue weighted by molar-refractivity contribution is -0.137. The third-order valence-electron chi connectivity index (χ3n) is 3.60. The summed E-state index contributed by atoms with van der Waals surface area (Å²) in [5, 5.41) is 7.02. The lowest BCUT2D eigenvalue weighted by Crippen LogP contribution is -2.14. The van der Waals surface area contributed by atoms with Crippen LogP contribution in [0, 0.1) is 13.8 Å². The third kappa shape index (κ3) is 3.94. The number of aromatic nitrogens is 2. The molecule has 1 amide bonds. The Balaban J connectivity index is 2.16. The second-order valence-electron chi connectivity index (χ2n) is 5.29. The van der Waals surface area contributed by atoms with E-state index in [2.05, 4.69) is 10.4 Å². The van der Waals surface area contributed by atoms with Crippen molar-refractivity contribution >= 4 is 11.6 Å². The lowest BCUT2D eigenvalue weighted by atomic mass is 10.1. The van der Waals surface area contributed by atoms with Crippen LogP contribution < -0.4 is 5.32 Å². The highest BCUT2D eigenvalue weighted by Crippen LogP contribution is 2.29. The van der Waals surface area contributed by atoms with Gasteiger partial charge in [-0.1, -0.05) is 0 Å². The van der Waals surface area contributed by atoms with Crippen molar-refractivity contribution in [2.75, 3.05) is 19.0 Å². The van der Waals surface area contributed by atoms with Gasteiger partial charge in [-0.3, -0.25) is 9.48 Å². The smallest absolute Gasteiger partial charge is 0.383 e. The monoisotopic (exact) mass is 341 g/mol. The minimum Gasteiger partial charge on any atom is -0.383 e. The fraction of sp³-hybridized carbons (Fsp3) is 0.375. The summed E-state index contributed by atoms with van der Waals surface area (Å²) in [4.78, 5) is 12.2. The topological polar surface area (TPSA) is 56.1 Å². The highest BCUT2D eigenvalue weighted by atomic mass is 19.4. The molecule has 1 N–H and O–H groups in total. The van der Waals surface area contributed by atoms with Crippen LogP contribution in [0.5, 0.6) is 0 Å². The van der Waals surface area contributed by atoms with E-state index in [1.165, 1.54) is 0 Å². The molecule has 0 spiro atoms. The predicted molar refractivity (Wildman–Crippen MR) is 83.0 cm³/mol. The van der Waals surface area contributed by atoms with E-state index in [4.69, 9.17) is 4.74 Å². The number of ether oxygens (including phenoxy) is 1. The average Bonchev–Trinajstić information content (AvgIpc) is 2.79. The van der Waals surface area contributed by atoms with E-state index in [1.54, 1.807) is 25.6 Å². The first-order valence-electron chi connectivity index (χ1n) is 7.25. The molecule has 0 aliphatic rings. The largest absolute Gasteiger partial charge is 0.416 e. The second-order valence-corrected chi connectivity index (χ2v) is 5.29. The average molecular weight is 341 g/mol. The standard InChI is InChI=1S/C16H18F3N3O2/c1-10-14(11(2)22(21-10)8-9-24-3)20-15(23)12-4-6-13(7-5-12)16(17,18)19/h4-7H,8-9H2,1-3H3,(H,20,23). The zero-order valence-corrected chi connectivity index (χ0v) is 13.6. The number of hydrogen-bond acceptors (Lipinski definition) is 3. The number of aryl methyl sites for hydroxylation is 1. The van der Waals surface area contributed by atoms with E-state index in [1.807, 2.05) is 0 Å². The Morgan fingerprint density at radius 3 is 2.42 bits per heavy atom. The molecule has 1 aromatic heterocycles. The van der Waals surface area contributed by atoms with Crippen molar-refractivity contribution in [2.45, 2.75) is 26.6 Å². The van der Waals surface area contributed by atoms with E-state index < -0.39 is 17.6 Å². The Hall–Kier alpha value is -2.35. The number of halogens is 3. The van der Waals surface area contributed by atoms with Gasteiger partial charge in [0.15, 0.2) is 0 Å². The molecule has 2 aromatic rings. The van der Waals surface area contributed by atoms with E-state index in [9.17, 15) is 18.0 Å². The summed E-state index contributed by atoms with van der Waals surface area (Å²) in [6.45, 7) is 4.57. The summed E-state index contributed by atoms with van der Waals surface area (Å²) in [7, 11) is 1.58. The van der Waals surface area contributed by atoms with Gasteiger partial charge in [0, 0.05) is 12.7 Å². The van der Waals surface area contributed by atoms with Gasteiger partial charge in [-0.15, -0.1) is 0 Å². The Morgan fingerprint density at radius 1 is 1.25 bits per heavy atom. The molecule has 0 aliphatic carbocycles. The van der Waals surface area contributed by atoms with Crippen LogP contribution in [0.1, 0.15) is 27.3 Å². The number of methoxy groups -OCH3 is 1. The normalized spacial score (nSPS) is 11.6. The first-order valence-corrected chi connectivity index (χ1v) is 7.25. The molecule has 0 atom stereocenters. The summed E-state index contributed by atoms with van der Waals surface area (Å²) in [6, 6.07) is 4.07. The van der Waals surface area contributed by atoms with E-state index in [0.717, 1.165) is 30.0 Å². The Bertz CT molecular complexity index is 721. The summed E-state index contributed by atoms with van der Waals surface area (Å²) < 4.78 is 44.4. The molecule has 0 saturated heterocycles. The van der Waals surface area contributed by atoms with Gasteiger partial charge >= 0.3 is 6.18 Å². The molecule has 1 aromatic carbocycles. The number of benzene rings is 1. The molecule has 0 radical (unpaired) electrons. The van der Waals surface area contributed by atoms with Crippen molar-refractivity contribution in [3.63, 3.8) is 0 Å². The van der Waals surface area contributed by atoms with Gasteiger partial charge < -0.3 is 10.1 Å². The number of anilines is 1. The van der Waals surface area contributed by atoms with Crippen LogP contribution in [0.3, 0.4) is 0 Å². The van der Waals surface area contributed by atoms with Gasteiger partial charge in [-0.2, -0.15) is 18.3 Å². The maximum absolute atomic E-state index is 12.6. The quantitative estimate of drug-likeness (QED) is 0.907. The molecule has 24 heavy (non-hydrogen) atoms. The first kappa shape index (κ1) is 18.0. The number of carbonyl (C=O) groups excluding carboxylic acids is 1. The zero-order valence-electron chi connectivity index (χ0n) is 13.6. The summed E-state index contributed by atoms with van der Waals surface area (Å²) in [5.74, 6) is -0.485. The van der Waals surface area contributed by atoms with Crippen molar-refractivity contribution in [1.82, 2.24) is 9.78 Å². The molecular weight excluding hydrogens is 323 g/mol. The predicted octanol–water partition coefficient (Wildman–Crippen LogP) is 3.42. The maximum Gasteiger partial charge on any atom is 0.416 e. The number of rotatable bonds is 5. The Labute approximate surface area is 137 Å². The molecular formula is C16H18F3N3O2. The number of carbonyl (C=O) groups is 1. The maximum atomic E-state index is 12.6. The number of hydrogen-bond donors (Lipinski definition) is 1. The van der Waals surface area contributed by atoms with Crippen molar-refractivity contribution in [2.24, 2.45) is 0 Å². The van der Waals surface area contributed by atoms with Crippen LogP contribution in [0.4, 0.5) is 18.9 Å². The highest BCUT2D eigenvalue weighted by molar-refractivity contribution is 6.04. The van der Waals surface area contributed by atoms with Gasteiger partial charge in [0.1, 0.15) is 0 Å². The summed E-state index contributed by atoms with van der Waals surface area (Å²) >= 11 is 0. The van der Waals surface area contributed by atoms with E-state index >= 15 is 0 Å². The molecule has 8 heteroatoms. The van der Waals surface area contributed by atoms with Gasteiger partial charge in [0.25, 0.3) is 5.91 Å². The first-order chi connectivity index (χ1) is 11.2. The van der Waals surface area contributed by atoms with Crippen molar-refractivity contribution < 1.29 is 22.7 Å². The molecule has 1 heterocycles. The molecule has 0 bridgehead atoms. The van der Waals surface area contributed by atoms with Crippen LogP contribution in [0.15, 0.2) is 24.3 Å². The van der Waals surface area contributed by atoms with Gasteiger partial charge in [-0.25, -0.2) is 0 Å². The Kier molecular flexibility index (Phi) is 5.28. The second kappa shape index (κ2) is 7.04. The number of amides is 1. The fourth-order valence-electron chi connectivity index (χ4n) is 2.27. The number of nitrogens with one attached hydrogen (secondary N) is 1. The van der Waals surface area contributed by atoms with Crippen LogP contribution in [-0.4, -0.2) is 29.4 Å². The van der Waals surface area contributed by atoms with Gasteiger partial charge in [-0.05, 0) is 38.1 Å². The van der Waals surface area contributed by atoms with Crippen molar-refractivity contribution in [1.29, 1.82) is 0 Å². The number of nitrogens with zero attached hydrogens (tertiary/aromatic N) is 2. The molecule has 0 unspecified atom stereocenters. The van der Waals surface area contributed by atoms with Gasteiger partial charge in [0.2, 0.25) is 0 Å². The van der Waals surface area contributed by atoms with Crippen LogP contribution in [0.2, 0.25) is 0 Å². The van der Waals surface area contributed by atoms with Crippen LogP contribution in [-0.2, 0) is 17.5 Å². The van der Waals surface area contributed by atoms with Crippen molar-refractivity contribution in [3.8, 4) is 0 Å². The lowest BCUT2D eigenvalue weighted by Gasteiger charge is -2.09. The third-order valence-corrected chi connectivity index (χ3v) is 3.60. The molecule has 2 rings (SSSR count). The van der Waals surface area contributed by atoms with E-state index in [0.29, 0.717) is 24.5 Å². The molecule has 5 nitrogen and oxygen atoms in total. The number of alkyl halides is 3. The highest BCUT2D eigenvalue weighted by Gasteiger charge is 2.30. The van der Waals surface area contributed by atoms with Crippen LogP contribution in [0.25, 0.3) is 0 Å². The molecule has 130 valence electrons. The fourth-order valence-corrected chi connectivity index (χ4v) is 2.27. The minimum absolute atomic E-state index is 0.145. The van der Waals surface area contributed by atoms with Gasteiger partial charge in [0.05, 0.1) is 35.8 Å². The summed E-state index contributed by atoms with van der Waals surface area (Å²) in [5.41, 5.74) is 1.29. The Morgan fingerprint density at radius 2 is 1.88 bits per heavy atom. The molecule has 0 saturated carbocycles. The van der Waals surface area contributed by atoms with Crippen molar-refractivity contribution in [3.05, 3.63) is 46.8 Å².